The molecule has 3 aromatic rings. The molecule has 0 aliphatic heterocycles. The third-order valence-electron chi connectivity index (χ3n) is 6.10. The molecule has 1 aliphatic rings. The van der Waals surface area contributed by atoms with Crippen LogP contribution >= 0.6 is 22.9 Å². The first-order valence-electron chi connectivity index (χ1n) is 11.4. The summed E-state index contributed by atoms with van der Waals surface area (Å²) < 4.78 is 0. The van der Waals surface area contributed by atoms with Crippen LogP contribution in [-0.2, 0) is 16.0 Å². The van der Waals surface area contributed by atoms with E-state index in [1.54, 1.807) is 48.5 Å². The van der Waals surface area contributed by atoms with E-state index in [2.05, 4.69) is 5.32 Å². The maximum atomic E-state index is 13.8. The molecule has 1 aromatic heterocycles. The average molecular weight is 495 g/mol. The lowest BCUT2D eigenvalue weighted by Crippen LogP contribution is -2.46. The summed E-state index contributed by atoms with van der Waals surface area (Å²) in [7, 11) is 0. The van der Waals surface area contributed by atoms with E-state index < -0.39 is 6.04 Å². The van der Waals surface area contributed by atoms with Gasteiger partial charge >= 0.3 is 0 Å². The molecule has 0 unspecified atom stereocenters. The summed E-state index contributed by atoms with van der Waals surface area (Å²) in [5.74, 6) is -0.558. The third kappa shape index (κ3) is 5.75. The quantitative estimate of drug-likeness (QED) is 0.392. The van der Waals surface area contributed by atoms with Gasteiger partial charge in [-0.15, -0.1) is 11.3 Å². The van der Waals surface area contributed by atoms with Crippen LogP contribution in [0.3, 0.4) is 0 Å². The smallest absolute Gasteiger partial charge is 0.248 e. The number of hydrogen-bond donors (Lipinski definition) is 1. The Kier molecular flexibility index (Phi) is 7.80. The molecule has 0 bridgehead atoms. The molecule has 1 fully saturated rings. The van der Waals surface area contributed by atoms with Gasteiger partial charge in [-0.1, -0.05) is 54.8 Å². The van der Waals surface area contributed by atoms with E-state index in [0.717, 1.165) is 30.6 Å². The highest BCUT2D eigenvalue weighted by Gasteiger charge is 2.34. The topological polar surface area (TPSA) is 66.5 Å². The summed E-state index contributed by atoms with van der Waals surface area (Å²) >= 11 is 7.62. The number of hydrogen-bond acceptors (Lipinski definition) is 4. The number of thiophene rings is 1. The molecule has 34 heavy (non-hydrogen) atoms. The molecule has 1 aliphatic carbocycles. The van der Waals surface area contributed by atoms with Gasteiger partial charge in [-0.3, -0.25) is 19.3 Å². The summed E-state index contributed by atoms with van der Waals surface area (Å²) in [4.78, 5) is 42.0. The lowest BCUT2D eigenvalue weighted by Gasteiger charge is -2.32. The van der Waals surface area contributed by atoms with Gasteiger partial charge in [0.05, 0.1) is 6.42 Å². The number of anilines is 1. The van der Waals surface area contributed by atoms with Gasteiger partial charge in [-0.05, 0) is 61.0 Å². The van der Waals surface area contributed by atoms with Crippen molar-refractivity contribution in [3.63, 3.8) is 0 Å². The Morgan fingerprint density at radius 1 is 1.06 bits per heavy atom. The van der Waals surface area contributed by atoms with Gasteiger partial charge in [0.1, 0.15) is 6.04 Å². The van der Waals surface area contributed by atoms with Crippen molar-refractivity contribution < 1.29 is 14.4 Å². The van der Waals surface area contributed by atoms with Crippen LogP contribution in [-0.4, -0.2) is 23.6 Å². The molecule has 7 heteroatoms. The molecular weight excluding hydrogens is 468 g/mol. The fraction of sp³-hybridized carbons (Fsp3) is 0.296. The lowest BCUT2D eigenvalue weighted by molar-refractivity contribution is -0.127. The number of rotatable bonds is 8. The molecule has 1 N–H and O–H groups in total. The van der Waals surface area contributed by atoms with Crippen LogP contribution in [0.2, 0.25) is 5.02 Å². The highest BCUT2D eigenvalue weighted by Crippen LogP contribution is 2.31. The Morgan fingerprint density at radius 2 is 1.79 bits per heavy atom. The molecule has 4 rings (SSSR count). The van der Waals surface area contributed by atoms with Crippen molar-refractivity contribution in [1.82, 2.24) is 5.32 Å². The Labute approximate surface area is 208 Å². The van der Waals surface area contributed by atoms with Crippen molar-refractivity contribution >= 4 is 46.2 Å². The molecule has 0 saturated heterocycles. The van der Waals surface area contributed by atoms with E-state index in [0.29, 0.717) is 21.8 Å². The number of amides is 2. The average Bonchev–Trinajstić information content (AvgIpc) is 3.52. The molecular formula is C27H27ClN2O3S. The van der Waals surface area contributed by atoms with Crippen LogP contribution in [0.1, 0.15) is 59.4 Å². The van der Waals surface area contributed by atoms with Gasteiger partial charge in [0.2, 0.25) is 11.8 Å². The second-order valence-corrected chi connectivity index (χ2v) is 10.0. The number of halogens is 1. The maximum Gasteiger partial charge on any atom is 0.248 e. The predicted molar refractivity (Wildman–Crippen MR) is 137 cm³/mol. The number of carbonyl (C=O) groups is 3. The summed E-state index contributed by atoms with van der Waals surface area (Å²) in [6.45, 7) is 1.49. The number of Topliss-reactive ketones (excluding diaryl/α,β-unsaturated/α-hetero) is 1. The van der Waals surface area contributed by atoms with Crippen LogP contribution in [0, 0.1) is 0 Å². The van der Waals surface area contributed by atoms with Gasteiger partial charge in [0, 0.05) is 27.2 Å². The van der Waals surface area contributed by atoms with E-state index in [9.17, 15) is 14.4 Å². The van der Waals surface area contributed by atoms with E-state index in [1.807, 2.05) is 17.5 Å². The SMILES string of the molecule is CC(=O)c1cccc(N(C(=O)Cc2cccs2)[C@@H](C(=O)NC2CCCC2)c2ccc(Cl)cc2)c1. The first-order chi connectivity index (χ1) is 16.4. The first kappa shape index (κ1) is 24.2. The van der Waals surface area contributed by atoms with E-state index in [-0.39, 0.29) is 30.1 Å². The van der Waals surface area contributed by atoms with Crippen LogP contribution < -0.4 is 10.2 Å². The Balaban J connectivity index is 1.79. The van der Waals surface area contributed by atoms with Crippen LogP contribution in [0.15, 0.2) is 66.0 Å². The zero-order valence-electron chi connectivity index (χ0n) is 19.0. The lowest BCUT2D eigenvalue weighted by atomic mass is 10.0. The standard InChI is InChI=1S/C27H27ClN2O3S/c1-18(31)20-6-4-9-23(16-20)30(25(32)17-24-10-5-15-34-24)26(19-11-13-21(28)14-12-19)27(33)29-22-7-2-3-8-22/h4-6,9-16,22,26H,2-3,7-8,17H2,1H3,(H,29,33)/t26-/m1/s1. The van der Waals surface area contributed by atoms with E-state index >= 15 is 0 Å². The summed E-state index contributed by atoms with van der Waals surface area (Å²) in [5, 5.41) is 5.64. The fourth-order valence-electron chi connectivity index (χ4n) is 4.37. The number of ketones is 1. The van der Waals surface area contributed by atoms with Crippen LogP contribution in [0.25, 0.3) is 0 Å². The Morgan fingerprint density at radius 3 is 2.44 bits per heavy atom. The Bertz CT molecular complexity index is 1150. The Hall–Kier alpha value is -2.96. The molecule has 5 nitrogen and oxygen atoms in total. The van der Waals surface area contributed by atoms with Crippen molar-refractivity contribution in [2.24, 2.45) is 0 Å². The molecule has 2 aromatic carbocycles. The second kappa shape index (κ2) is 11.0. The minimum atomic E-state index is -0.896. The van der Waals surface area contributed by atoms with Crippen molar-refractivity contribution in [2.75, 3.05) is 4.90 Å². The molecule has 1 heterocycles. The van der Waals surface area contributed by atoms with Crippen molar-refractivity contribution in [3.05, 3.63) is 87.1 Å². The molecule has 1 atom stereocenters. The molecule has 0 spiro atoms. The number of carbonyl (C=O) groups excluding carboxylic acids is 3. The van der Waals surface area contributed by atoms with Crippen LogP contribution in [0.5, 0.6) is 0 Å². The number of nitrogens with zero attached hydrogens (tertiary/aromatic N) is 1. The van der Waals surface area contributed by atoms with E-state index in [1.165, 1.54) is 23.2 Å². The molecule has 176 valence electrons. The zero-order valence-corrected chi connectivity index (χ0v) is 20.6. The van der Waals surface area contributed by atoms with E-state index in [4.69, 9.17) is 11.6 Å². The van der Waals surface area contributed by atoms with Gasteiger partial charge in [0.15, 0.2) is 5.78 Å². The third-order valence-corrected chi connectivity index (χ3v) is 7.23. The molecule has 0 radical (unpaired) electrons. The minimum absolute atomic E-state index is 0.0973. The van der Waals surface area contributed by atoms with Gasteiger partial charge in [0.25, 0.3) is 0 Å². The predicted octanol–water partition coefficient (Wildman–Crippen LogP) is 5.98. The number of nitrogens with one attached hydrogen (secondary N) is 1. The first-order valence-corrected chi connectivity index (χ1v) is 12.7. The summed E-state index contributed by atoms with van der Waals surface area (Å²) in [6.07, 6.45) is 4.18. The maximum absolute atomic E-state index is 13.8. The highest BCUT2D eigenvalue weighted by molar-refractivity contribution is 7.10. The van der Waals surface area contributed by atoms with Gasteiger partial charge in [-0.2, -0.15) is 0 Å². The monoisotopic (exact) mass is 494 g/mol. The van der Waals surface area contributed by atoms with Gasteiger partial charge in [-0.25, -0.2) is 0 Å². The summed E-state index contributed by atoms with van der Waals surface area (Å²) in [5.41, 5.74) is 1.65. The van der Waals surface area contributed by atoms with Crippen molar-refractivity contribution in [3.8, 4) is 0 Å². The molecule has 1 saturated carbocycles. The minimum Gasteiger partial charge on any atom is -0.351 e. The normalized spacial score (nSPS) is 14.5. The van der Waals surface area contributed by atoms with Crippen molar-refractivity contribution in [2.45, 2.75) is 51.1 Å². The van der Waals surface area contributed by atoms with Gasteiger partial charge < -0.3 is 5.32 Å². The van der Waals surface area contributed by atoms with Crippen molar-refractivity contribution in [1.29, 1.82) is 0 Å². The zero-order chi connectivity index (χ0) is 24.1. The number of benzene rings is 2. The highest BCUT2D eigenvalue weighted by atomic mass is 35.5. The summed E-state index contributed by atoms with van der Waals surface area (Å²) in [6, 6.07) is 16.9. The largest absolute Gasteiger partial charge is 0.351 e. The van der Waals surface area contributed by atoms with Crippen LogP contribution in [0.4, 0.5) is 5.69 Å². The fourth-order valence-corrected chi connectivity index (χ4v) is 5.19. The second-order valence-electron chi connectivity index (χ2n) is 8.57. The molecule has 2 amide bonds.